The van der Waals surface area contributed by atoms with Crippen LogP contribution >= 0.6 is 0 Å². The number of carbonyl (C=O) groups is 1. The van der Waals surface area contributed by atoms with E-state index in [1.807, 2.05) is 48.5 Å². The van der Waals surface area contributed by atoms with Crippen molar-refractivity contribution in [2.24, 2.45) is 0 Å². The van der Waals surface area contributed by atoms with Gasteiger partial charge in [0, 0.05) is 12.1 Å². The molecular formula is C23H25N3O. The number of rotatable bonds is 5. The first-order valence-electron chi connectivity index (χ1n) is 9.07. The summed E-state index contributed by atoms with van der Waals surface area (Å²) in [5.74, 6) is 0.373. The van der Waals surface area contributed by atoms with Gasteiger partial charge >= 0.3 is 0 Å². The SMILES string of the molecule is CC(C)(C)c1ccc(C(=O)Nc2ccc(NCc3ccccc3)cn2)cc1. The molecule has 0 aliphatic carbocycles. The van der Waals surface area contributed by atoms with Gasteiger partial charge in [-0.3, -0.25) is 4.79 Å². The Labute approximate surface area is 160 Å². The predicted molar refractivity (Wildman–Crippen MR) is 111 cm³/mol. The highest BCUT2D eigenvalue weighted by molar-refractivity contribution is 6.03. The lowest BCUT2D eigenvalue weighted by Crippen LogP contribution is -2.15. The number of hydrogen-bond acceptors (Lipinski definition) is 3. The Morgan fingerprint density at radius 1 is 0.926 bits per heavy atom. The van der Waals surface area contributed by atoms with Crippen molar-refractivity contribution >= 4 is 17.4 Å². The molecule has 0 aliphatic rings. The third kappa shape index (κ3) is 5.17. The lowest BCUT2D eigenvalue weighted by atomic mass is 9.87. The third-order valence-electron chi connectivity index (χ3n) is 4.36. The van der Waals surface area contributed by atoms with Crippen molar-refractivity contribution in [2.75, 3.05) is 10.6 Å². The molecule has 0 radical (unpaired) electrons. The number of nitrogens with zero attached hydrogens (tertiary/aromatic N) is 1. The zero-order valence-electron chi connectivity index (χ0n) is 16.0. The van der Waals surface area contributed by atoms with Crippen LogP contribution in [0.25, 0.3) is 0 Å². The third-order valence-corrected chi connectivity index (χ3v) is 4.36. The molecule has 2 aromatic carbocycles. The summed E-state index contributed by atoms with van der Waals surface area (Å²) in [4.78, 5) is 16.7. The van der Waals surface area contributed by atoms with Crippen LogP contribution in [0.5, 0.6) is 0 Å². The minimum Gasteiger partial charge on any atom is -0.380 e. The van der Waals surface area contributed by atoms with Gasteiger partial charge in [-0.15, -0.1) is 0 Å². The van der Waals surface area contributed by atoms with Gasteiger partial charge in [0.1, 0.15) is 5.82 Å². The highest BCUT2D eigenvalue weighted by Crippen LogP contribution is 2.22. The van der Waals surface area contributed by atoms with Gasteiger partial charge in [-0.2, -0.15) is 0 Å². The molecule has 0 spiro atoms. The van der Waals surface area contributed by atoms with Crippen molar-refractivity contribution in [1.82, 2.24) is 4.98 Å². The number of nitrogens with one attached hydrogen (secondary N) is 2. The first kappa shape index (κ1) is 18.6. The van der Waals surface area contributed by atoms with Gasteiger partial charge in [-0.05, 0) is 40.8 Å². The van der Waals surface area contributed by atoms with Crippen molar-refractivity contribution in [1.29, 1.82) is 0 Å². The Morgan fingerprint density at radius 2 is 1.63 bits per heavy atom. The molecule has 138 valence electrons. The molecule has 4 heteroatoms. The smallest absolute Gasteiger partial charge is 0.256 e. The Bertz CT molecular complexity index is 880. The van der Waals surface area contributed by atoms with Crippen LogP contribution in [0.1, 0.15) is 42.3 Å². The molecule has 0 aliphatic heterocycles. The zero-order chi connectivity index (χ0) is 19.3. The molecular weight excluding hydrogens is 334 g/mol. The van der Waals surface area contributed by atoms with Crippen LogP contribution < -0.4 is 10.6 Å². The average molecular weight is 359 g/mol. The molecule has 27 heavy (non-hydrogen) atoms. The van der Waals surface area contributed by atoms with Crippen molar-refractivity contribution in [2.45, 2.75) is 32.7 Å². The van der Waals surface area contributed by atoms with E-state index in [0.29, 0.717) is 11.4 Å². The van der Waals surface area contributed by atoms with E-state index in [4.69, 9.17) is 0 Å². The maximum Gasteiger partial charge on any atom is 0.256 e. The molecule has 0 fully saturated rings. The summed E-state index contributed by atoms with van der Waals surface area (Å²) in [6, 6.07) is 21.6. The number of carbonyl (C=O) groups excluding carboxylic acids is 1. The molecule has 0 atom stereocenters. The Hall–Kier alpha value is -3.14. The second kappa shape index (κ2) is 8.04. The molecule has 1 aromatic heterocycles. The van der Waals surface area contributed by atoms with Crippen molar-refractivity contribution in [3.63, 3.8) is 0 Å². The average Bonchev–Trinajstić information content (AvgIpc) is 2.68. The number of hydrogen-bond donors (Lipinski definition) is 2. The number of amides is 1. The van der Waals surface area contributed by atoms with Gasteiger partial charge in [0.25, 0.3) is 5.91 Å². The monoisotopic (exact) mass is 359 g/mol. The summed E-state index contributed by atoms with van der Waals surface area (Å²) in [7, 11) is 0. The molecule has 0 saturated carbocycles. The standard InChI is InChI=1S/C23H25N3O/c1-23(2,3)19-11-9-18(10-12-19)22(27)26-21-14-13-20(16-25-21)24-15-17-7-5-4-6-8-17/h4-14,16,24H,15H2,1-3H3,(H,25,26,27). The second-order valence-corrected chi connectivity index (χ2v) is 7.55. The molecule has 1 amide bonds. The molecule has 2 N–H and O–H groups in total. The van der Waals surface area contributed by atoms with E-state index in [-0.39, 0.29) is 11.3 Å². The molecule has 3 rings (SSSR count). The lowest BCUT2D eigenvalue weighted by molar-refractivity contribution is 0.102. The van der Waals surface area contributed by atoms with Crippen molar-refractivity contribution < 1.29 is 4.79 Å². The van der Waals surface area contributed by atoms with Crippen LogP contribution in [0, 0.1) is 0 Å². The molecule has 0 bridgehead atoms. The molecule has 1 heterocycles. The van der Waals surface area contributed by atoms with Crippen molar-refractivity contribution in [3.8, 4) is 0 Å². The van der Waals surface area contributed by atoms with Gasteiger partial charge in [-0.25, -0.2) is 4.98 Å². The van der Waals surface area contributed by atoms with Crippen LogP contribution in [0.15, 0.2) is 72.9 Å². The zero-order valence-corrected chi connectivity index (χ0v) is 16.0. The Balaban J connectivity index is 1.58. The summed E-state index contributed by atoms with van der Waals surface area (Å²) >= 11 is 0. The topological polar surface area (TPSA) is 54.0 Å². The predicted octanol–water partition coefficient (Wildman–Crippen LogP) is 5.24. The van der Waals surface area contributed by atoms with E-state index in [9.17, 15) is 4.79 Å². The number of aromatic nitrogens is 1. The summed E-state index contributed by atoms with van der Waals surface area (Å²) in [5, 5.41) is 6.16. The van der Waals surface area contributed by atoms with Crippen molar-refractivity contribution in [3.05, 3.63) is 89.6 Å². The summed E-state index contributed by atoms with van der Waals surface area (Å²) < 4.78 is 0. The normalized spacial score (nSPS) is 11.1. The van der Waals surface area contributed by atoms with E-state index < -0.39 is 0 Å². The molecule has 0 saturated heterocycles. The van der Waals surface area contributed by atoms with Crippen LogP contribution in [-0.4, -0.2) is 10.9 Å². The largest absolute Gasteiger partial charge is 0.380 e. The highest BCUT2D eigenvalue weighted by Gasteiger charge is 2.14. The van der Waals surface area contributed by atoms with Gasteiger partial charge in [0.05, 0.1) is 11.9 Å². The maximum atomic E-state index is 12.4. The summed E-state index contributed by atoms with van der Waals surface area (Å²) in [6.45, 7) is 7.19. The van der Waals surface area contributed by atoms with Gasteiger partial charge in [0.2, 0.25) is 0 Å². The maximum absolute atomic E-state index is 12.4. The summed E-state index contributed by atoms with van der Waals surface area (Å²) in [5.41, 5.74) is 4.00. The minimum atomic E-state index is -0.159. The molecule has 3 aromatic rings. The molecule has 4 nitrogen and oxygen atoms in total. The van der Waals surface area contributed by atoms with Crippen LogP contribution in [0.3, 0.4) is 0 Å². The number of benzene rings is 2. The highest BCUT2D eigenvalue weighted by atomic mass is 16.1. The fourth-order valence-corrected chi connectivity index (χ4v) is 2.68. The van der Waals surface area contributed by atoms with Gasteiger partial charge in [0.15, 0.2) is 0 Å². The fourth-order valence-electron chi connectivity index (χ4n) is 2.68. The van der Waals surface area contributed by atoms with E-state index in [2.05, 4.69) is 48.5 Å². The number of anilines is 2. The van der Waals surface area contributed by atoms with Crippen LogP contribution in [0.4, 0.5) is 11.5 Å². The summed E-state index contributed by atoms with van der Waals surface area (Å²) in [6.07, 6.45) is 1.72. The minimum absolute atomic E-state index is 0.0686. The van der Waals surface area contributed by atoms with Crippen LogP contribution in [0.2, 0.25) is 0 Å². The quantitative estimate of drug-likeness (QED) is 0.655. The fraction of sp³-hybridized carbons (Fsp3) is 0.217. The van der Waals surface area contributed by atoms with E-state index in [0.717, 1.165) is 12.2 Å². The Kier molecular flexibility index (Phi) is 5.55. The van der Waals surface area contributed by atoms with E-state index in [1.54, 1.807) is 12.3 Å². The van der Waals surface area contributed by atoms with E-state index >= 15 is 0 Å². The molecule has 0 unspecified atom stereocenters. The first-order chi connectivity index (χ1) is 12.9. The number of pyridine rings is 1. The van der Waals surface area contributed by atoms with Gasteiger partial charge in [-0.1, -0.05) is 63.2 Å². The van der Waals surface area contributed by atoms with Gasteiger partial charge < -0.3 is 10.6 Å². The Morgan fingerprint density at radius 3 is 2.22 bits per heavy atom. The van der Waals surface area contributed by atoms with Crippen LogP contribution in [-0.2, 0) is 12.0 Å². The second-order valence-electron chi connectivity index (χ2n) is 7.55. The first-order valence-corrected chi connectivity index (χ1v) is 9.07. The lowest BCUT2D eigenvalue weighted by Gasteiger charge is -2.19. The van der Waals surface area contributed by atoms with E-state index in [1.165, 1.54) is 11.1 Å².